The molecule has 2 rings (SSSR count). The Bertz CT molecular complexity index is 699. The molecule has 0 aromatic heterocycles. The highest BCUT2D eigenvalue weighted by Crippen LogP contribution is 2.31. The van der Waals surface area contributed by atoms with Crippen molar-refractivity contribution in [2.45, 2.75) is 51.5 Å². The van der Waals surface area contributed by atoms with Gasteiger partial charge in [0.25, 0.3) is 0 Å². The molecule has 0 heterocycles. The molecule has 8 heteroatoms. The van der Waals surface area contributed by atoms with Gasteiger partial charge in [0.1, 0.15) is 17.7 Å². The molecule has 1 aromatic rings. The number of carbonyl (C=O) groups excluding carboxylic acids is 2. The van der Waals surface area contributed by atoms with Crippen molar-refractivity contribution in [1.82, 2.24) is 10.2 Å². The number of nitrogens with one attached hydrogen (secondary N) is 1. The number of alkyl halides is 1. The van der Waals surface area contributed by atoms with Crippen LogP contribution in [0.1, 0.15) is 44.7 Å². The van der Waals surface area contributed by atoms with Crippen molar-refractivity contribution >= 4 is 23.4 Å². The van der Waals surface area contributed by atoms with Crippen LogP contribution in [0.25, 0.3) is 0 Å². The van der Waals surface area contributed by atoms with Crippen LogP contribution < -0.4 is 5.32 Å². The summed E-state index contributed by atoms with van der Waals surface area (Å²) in [6, 6.07) is 4.60. The summed E-state index contributed by atoms with van der Waals surface area (Å²) < 4.78 is 24.0. The van der Waals surface area contributed by atoms with Gasteiger partial charge < -0.3 is 19.7 Å². The second-order valence-corrected chi connectivity index (χ2v) is 8.18. The average molecular weight is 443 g/mol. The standard InChI is InChI=1S/C22H32ClFN2O4/c1-14-6-5-7-18(15(14)2)25-22(28)21(16-8-10-17(24)11-9-16)26(19(27)12-23)13-20(29-3)30-4/h8-11,14-15,18,20-21H,5-7,12-13H2,1-4H3,(H,25,28)/t14-,15+,18+,21-/m0/s1. The molecule has 4 atom stereocenters. The van der Waals surface area contributed by atoms with Crippen LogP contribution in [0.5, 0.6) is 0 Å². The number of rotatable bonds is 9. The maximum absolute atomic E-state index is 13.5. The van der Waals surface area contributed by atoms with Gasteiger partial charge in [-0.15, -0.1) is 11.6 Å². The monoisotopic (exact) mass is 442 g/mol. The van der Waals surface area contributed by atoms with E-state index >= 15 is 0 Å². The normalized spacial score (nSPS) is 22.6. The van der Waals surface area contributed by atoms with E-state index in [0.29, 0.717) is 17.4 Å². The third-order valence-electron chi connectivity index (χ3n) is 6.09. The van der Waals surface area contributed by atoms with Crippen molar-refractivity contribution in [2.24, 2.45) is 11.8 Å². The third-order valence-corrected chi connectivity index (χ3v) is 6.32. The zero-order chi connectivity index (χ0) is 22.3. The summed E-state index contributed by atoms with van der Waals surface area (Å²) in [7, 11) is 2.91. The highest BCUT2D eigenvalue weighted by molar-refractivity contribution is 6.27. The maximum atomic E-state index is 13.5. The molecule has 0 unspecified atom stereocenters. The van der Waals surface area contributed by atoms with E-state index in [9.17, 15) is 14.0 Å². The molecule has 1 aliphatic rings. The lowest BCUT2D eigenvalue weighted by Crippen LogP contribution is -2.51. The van der Waals surface area contributed by atoms with Crippen LogP contribution in [0.4, 0.5) is 4.39 Å². The van der Waals surface area contributed by atoms with E-state index in [4.69, 9.17) is 21.1 Å². The smallest absolute Gasteiger partial charge is 0.247 e. The van der Waals surface area contributed by atoms with Crippen LogP contribution in [0.3, 0.4) is 0 Å². The Morgan fingerprint density at radius 3 is 2.40 bits per heavy atom. The molecule has 1 aromatic carbocycles. The summed E-state index contributed by atoms with van der Waals surface area (Å²) in [5, 5.41) is 3.13. The molecule has 6 nitrogen and oxygen atoms in total. The van der Waals surface area contributed by atoms with Gasteiger partial charge in [-0.2, -0.15) is 0 Å². The molecular weight excluding hydrogens is 411 g/mol. The zero-order valence-electron chi connectivity index (χ0n) is 18.1. The number of benzene rings is 1. The van der Waals surface area contributed by atoms with Gasteiger partial charge in [-0.25, -0.2) is 4.39 Å². The second-order valence-electron chi connectivity index (χ2n) is 7.92. The second kappa shape index (κ2) is 11.6. The van der Waals surface area contributed by atoms with Gasteiger partial charge in [0.2, 0.25) is 11.8 Å². The summed E-state index contributed by atoms with van der Waals surface area (Å²) in [6.45, 7) is 4.32. The number of carbonyl (C=O) groups is 2. The molecule has 0 spiro atoms. The van der Waals surface area contributed by atoms with E-state index in [2.05, 4.69) is 19.2 Å². The minimum absolute atomic E-state index is 0.00460. The fraction of sp³-hybridized carbons (Fsp3) is 0.636. The first-order valence-corrected chi connectivity index (χ1v) is 10.8. The summed E-state index contributed by atoms with van der Waals surface area (Å²) in [6.07, 6.45) is 2.32. The first-order chi connectivity index (χ1) is 14.3. The minimum Gasteiger partial charge on any atom is -0.354 e. The Hall–Kier alpha value is -1.70. The fourth-order valence-corrected chi connectivity index (χ4v) is 4.15. The minimum atomic E-state index is -0.978. The fourth-order valence-electron chi connectivity index (χ4n) is 4.00. The predicted molar refractivity (Wildman–Crippen MR) is 113 cm³/mol. The topological polar surface area (TPSA) is 67.9 Å². The van der Waals surface area contributed by atoms with Crippen LogP contribution in [-0.2, 0) is 19.1 Å². The molecule has 0 saturated heterocycles. The van der Waals surface area contributed by atoms with Crippen LogP contribution in [-0.4, -0.2) is 55.7 Å². The maximum Gasteiger partial charge on any atom is 0.247 e. The predicted octanol–water partition coefficient (Wildman–Crippen LogP) is 3.49. The lowest BCUT2D eigenvalue weighted by Gasteiger charge is -2.38. The molecule has 0 radical (unpaired) electrons. The SMILES string of the molecule is COC(CN(C(=O)CCl)[C@H](C(=O)N[C@@H]1CCC[C@H](C)[C@H]1C)c1ccc(F)cc1)OC. The molecule has 2 amide bonds. The summed E-state index contributed by atoms with van der Waals surface area (Å²) in [5.41, 5.74) is 0.495. The zero-order valence-corrected chi connectivity index (χ0v) is 18.8. The molecule has 30 heavy (non-hydrogen) atoms. The van der Waals surface area contributed by atoms with E-state index in [-0.39, 0.29) is 24.4 Å². The van der Waals surface area contributed by atoms with Gasteiger partial charge in [-0.05, 0) is 36.0 Å². The molecule has 1 aliphatic carbocycles. The van der Waals surface area contributed by atoms with Crippen molar-refractivity contribution in [3.8, 4) is 0 Å². The van der Waals surface area contributed by atoms with E-state index < -0.39 is 24.1 Å². The van der Waals surface area contributed by atoms with Crippen molar-refractivity contribution in [3.05, 3.63) is 35.6 Å². The first-order valence-electron chi connectivity index (χ1n) is 10.3. The van der Waals surface area contributed by atoms with Gasteiger partial charge in [0.15, 0.2) is 6.29 Å². The van der Waals surface area contributed by atoms with Gasteiger partial charge in [0, 0.05) is 20.3 Å². The highest BCUT2D eigenvalue weighted by atomic mass is 35.5. The Morgan fingerprint density at radius 2 is 1.83 bits per heavy atom. The quantitative estimate of drug-likeness (QED) is 0.469. The molecule has 1 saturated carbocycles. The Labute approximate surface area is 183 Å². The Morgan fingerprint density at radius 1 is 1.20 bits per heavy atom. The van der Waals surface area contributed by atoms with E-state index in [0.717, 1.165) is 19.3 Å². The molecule has 0 aliphatic heterocycles. The molecule has 168 valence electrons. The first kappa shape index (κ1) is 24.6. The Kier molecular flexibility index (Phi) is 9.52. The van der Waals surface area contributed by atoms with Crippen molar-refractivity contribution in [1.29, 1.82) is 0 Å². The molecule has 1 fully saturated rings. The number of nitrogens with zero attached hydrogens (tertiary/aromatic N) is 1. The molecule has 1 N–H and O–H groups in total. The number of ether oxygens (including phenoxy) is 2. The lowest BCUT2D eigenvalue weighted by molar-refractivity contribution is -0.153. The number of hydrogen-bond acceptors (Lipinski definition) is 4. The number of halogens is 2. The van der Waals surface area contributed by atoms with Gasteiger partial charge in [-0.3, -0.25) is 9.59 Å². The van der Waals surface area contributed by atoms with Crippen LogP contribution in [0.2, 0.25) is 0 Å². The van der Waals surface area contributed by atoms with Gasteiger partial charge in [-0.1, -0.05) is 38.8 Å². The van der Waals surface area contributed by atoms with E-state index in [1.54, 1.807) is 0 Å². The lowest BCUT2D eigenvalue weighted by atomic mass is 9.78. The largest absolute Gasteiger partial charge is 0.354 e. The van der Waals surface area contributed by atoms with E-state index in [1.165, 1.54) is 43.4 Å². The third kappa shape index (κ3) is 6.15. The highest BCUT2D eigenvalue weighted by Gasteiger charge is 2.36. The number of amides is 2. The van der Waals surface area contributed by atoms with Crippen LogP contribution >= 0.6 is 11.6 Å². The van der Waals surface area contributed by atoms with Crippen molar-refractivity contribution < 1.29 is 23.5 Å². The van der Waals surface area contributed by atoms with Crippen molar-refractivity contribution in [2.75, 3.05) is 26.6 Å². The van der Waals surface area contributed by atoms with Crippen LogP contribution in [0, 0.1) is 17.7 Å². The summed E-state index contributed by atoms with van der Waals surface area (Å²) >= 11 is 5.85. The summed E-state index contributed by atoms with van der Waals surface area (Å²) in [4.78, 5) is 27.5. The van der Waals surface area contributed by atoms with Crippen LogP contribution in [0.15, 0.2) is 24.3 Å². The van der Waals surface area contributed by atoms with E-state index in [1.807, 2.05) is 0 Å². The Balaban J connectivity index is 2.37. The number of methoxy groups -OCH3 is 2. The van der Waals surface area contributed by atoms with Crippen molar-refractivity contribution in [3.63, 3.8) is 0 Å². The molecule has 0 bridgehead atoms. The average Bonchev–Trinajstić information content (AvgIpc) is 2.74. The summed E-state index contributed by atoms with van der Waals surface area (Å²) in [5.74, 6) is -0.668. The number of hydrogen-bond donors (Lipinski definition) is 1. The van der Waals surface area contributed by atoms with Gasteiger partial charge >= 0.3 is 0 Å². The molecular formula is C22H32ClFN2O4. The van der Waals surface area contributed by atoms with Gasteiger partial charge in [0.05, 0.1) is 6.54 Å².